The van der Waals surface area contributed by atoms with Gasteiger partial charge in [0.15, 0.2) is 0 Å². The van der Waals surface area contributed by atoms with Crippen molar-refractivity contribution in [3.63, 3.8) is 0 Å². The Morgan fingerprint density at radius 3 is 2.14 bits per heavy atom. The number of benzene rings is 3. The van der Waals surface area contributed by atoms with Crippen LogP contribution in [0.4, 0.5) is 5.69 Å². The van der Waals surface area contributed by atoms with Gasteiger partial charge in [-0.05, 0) is 68.1 Å². The van der Waals surface area contributed by atoms with Crippen LogP contribution < -0.4 is 9.62 Å². The molecular formula is C31H38Cl2N4O4S. The lowest BCUT2D eigenvalue weighted by atomic mass is 10.0. The van der Waals surface area contributed by atoms with Gasteiger partial charge in [-0.2, -0.15) is 12.7 Å². The highest BCUT2D eigenvalue weighted by Gasteiger charge is 2.35. The van der Waals surface area contributed by atoms with E-state index in [2.05, 4.69) is 5.32 Å². The van der Waals surface area contributed by atoms with Crippen molar-refractivity contribution in [3.05, 3.63) is 99.0 Å². The summed E-state index contributed by atoms with van der Waals surface area (Å²) in [6.07, 6.45) is 0.219. The predicted octanol–water partition coefficient (Wildman–Crippen LogP) is 5.39. The fourth-order valence-electron chi connectivity index (χ4n) is 4.46. The van der Waals surface area contributed by atoms with Crippen LogP contribution in [0.15, 0.2) is 66.7 Å². The van der Waals surface area contributed by atoms with Crippen molar-refractivity contribution in [1.29, 1.82) is 0 Å². The number of rotatable bonds is 12. The second-order valence-electron chi connectivity index (χ2n) is 10.7. The monoisotopic (exact) mass is 632 g/mol. The minimum Gasteiger partial charge on any atom is -0.352 e. The molecule has 2 amide bonds. The molecule has 0 aliphatic heterocycles. The zero-order chi connectivity index (χ0) is 31.2. The van der Waals surface area contributed by atoms with E-state index in [1.807, 2.05) is 63.2 Å². The fraction of sp³-hybridized carbons (Fsp3) is 0.355. The molecule has 3 aromatic rings. The van der Waals surface area contributed by atoms with E-state index < -0.39 is 28.7 Å². The molecule has 0 bridgehead atoms. The number of halogens is 2. The van der Waals surface area contributed by atoms with Crippen LogP contribution in [-0.4, -0.2) is 62.2 Å². The third-order valence-corrected chi connectivity index (χ3v) is 9.24. The Hall–Kier alpha value is -3.11. The van der Waals surface area contributed by atoms with Gasteiger partial charge in [0.25, 0.3) is 0 Å². The lowest BCUT2D eigenvalue weighted by Crippen LogP contribution is -2.55. The van der Waals surface area contributed by atoms with E-state index in [0.29, 0.717) is 26.9 Å². The lowest BCUT2D eigenvalue weighted by Gasteiger charge is -2.35. The van der Waals surface area contributed by atoms with Crippen molar-refractivity contribution >= 4 is 50.9 Å². The third-order valence-electron chi connectivity index (χ3n) is 6.69. The van der Waals surface area contributed by atoms with Gasteiger partial charge in [-0.3, -0.25) is 9.59 Å². The molecule has 0 saturated heterocycles. The van der Waals surface area contributed by atoms with Gasteiger partial charge < -0.3 is 10.2 Å². The molecule has 226 valence electrons. The molecule has 8 nitrogen and oxygen atoms in total. The number of hydrogen-bond acceptors (Lipinski definition) is 4. The summed E-state index contributed by atoms with van der Waals surface area (Å²) in [5.74, 6) is -0.900. The summed E-state index contributed by atoms with van der Waals surface area (Å²) < 4.78 is 29.4. The Labute approximate surface area is 259 Å². The highest BCUT2D eigenvalue weighted by Crippen LogP contribution is 2.27. The average Bonchev–Trinajstić information content (AvgIpc) is 2.92. The molecule has 0 heterocycles. The Morgan fingerprint density at radius 2 is 1.55 bits per heavy atom. The van der Waals surface area contributed by atoms with Crippen LogP contribution in [0, 0.1) is 13.8 Å². The van der Waals surface area contributed by atoms with Gasteiger partial charge in [0, 0.05) is 33.1 Å². The van der Waals surface area contributed by atoms with E-state index in [4.69, 9.17) is 23.2 Å². The summed E-state index contributed by atoms with van der Waals surface area (Å²) >= 11 is 12.4. The van der Waals surface area contributed by atoms with Gasteiger partial charge in [0.05, 0.1) is 15.7 Å². The number of amides is 2. The Kier molecular flexibility index (Phi) is 11.4. The number of carbonyl (C=O) groups excluding carboxylic acids is 2. The normalized spacial score (nSPS) is 12.3. The fourth-order valence-corrected chi connectivity index (χ4v) is 5.89. The van der Waals surface area contributed by atoms with Crippen LogP contribution in [0.3, 0.4) is 0 Å². The van der Waals surface area contributed by atoms with E-state index >= 15 is 0 Å². The summed E-state index contributed by atoms with van der Waals surface area (Å²) in [6.45, 7) is 6.81. The number of carbonyl (C=O) groups is 2. The zero-order valence-corrected chi connectivity index (χ0v) is 27.1. The molecular weight excluding hydrogens is 595 g/mol. The van der Waals surface area contributed by atoms with Crippen LogP contribution in [0.5, 0.6) is 0 Å². The summed E-state index contributed by atoms with van der Waals surface area (Å²) in [7, 11) is -1.26. The Bertz CT molecular complexity index is 1510. The van der Waals surface area contributed by atoms with Crippen LogP contribution in [0.1, 0.15) is 36.1 Å². The van der Waals surface area contributed by atoms with Crippen LogP contribution in [0.2, 0.25) is 10.0 Å². The minimum absolute atomic E-state index is 0.00138. The van der Waals surface area contributed by atoms with Gasteiger partial charge in [-0.25, -0.2) is 4.31 Å². The molecule has 1 atom stereocenters. The second-order valence-corrected chi connectivity index (χ2v) is 13.6. The van der Waals surface area contributed by atoms with Crippen LogP contribution in [0.25, 0.3) is 0 Å². The summed E-state index contributed by atoms with van der Waals surface area (Å²) in [6, 6.07) is 18.7. The van der Waals surface area contributed by atoms with Crippen molar-refractivity contribution in [3.8, 4) is 0 Å². The number of hydrogen-bond donors (Lipinski definition) is 1. The van der Waals surface area contributed by atoms with Crippen LogP contribution in [-0.2, 0) is 32.8 Å². The van der Waals surface area contributed by atoms with E-state index in [-0.39, 0.29) is 24.9 Å². The maximum Gasteiger partial charge on any atom is 0.304 e. The summed E-state index contributed by atoms with van der Waals surface area (Å²) in [5, 5.41) is 3.60. The molecule has 0 aliphatic rings. The summed E-state index contributed by atoms with van der Waals surface area (Å²) in [4.78, 5) is 29.4. The molecule has 3 rings (SSSR count). The lowest BCUT2D eigenvalue weighted by molar-refractivity contribution is -0.140. The molecule has 1 N–H and O–H groups in total. The molecule has 0 radical (unpaired) electrons. The van der Waals surface area contributed by atoms with Crippen molar-refractivity contribution in [2.75, 3.05) is 24.9 Å². The Balaban J connectivity index is 2.15. The smallest absolute Gasteiger partial charge is 0.304 e. The van der Waals surface area contributed by atoms with Crippen molar-refractivity contribution in [1.82, 2.24) is 14.5 Å². The molecule has 0 aromatic heterocycles. The van der Waals surface area contributed by atoms with E-state index in [1.54, 1.807) is 31.2 Å². The number of nitrogens with zero attached hydrogens (tertiary/aromatic N) is 3. The molecule has 0 unspecified atom stereocenters. The molecule has 0 saturated carbocycles. The van der Waals surface area contributed by atoms with Crippen molar-refractivity contribution < 1.29 is 18.0 Å². The standard InChI is InChI=1S/C31H38Cl2N4O4S/c1-21(2)34-31(39)29(18-24-10-8-7-9-11-24)36(19-25-14-15-26(32)27(33)17-25)30(38)20-37(42(40,41)35(5)6)28-16-22(3)12-13-23(28)4/h7-17,21,29H,18-20H2,1-6H3,(H,34,39)/t29-/m0/s1. The maximum absolute atomic E-state index is 14.3. The quantitative estimate of drug-likeness (QED) is 0.290. The van der Waals surface area contributed by atoms with Gasteiger partial charge in [0.1, 0.15) is 12.6 Å². The number of nitrogens with one attached hydrogen (secondary N) is 1. The number of aryl methyl sites for hydroxylation is 2. The number of anilines is 1. The van der Waals surface area contributed by atoms with E-state index in [1.165, 1.54) is 19.0 Å². The van der Waals surface area contributed by atoms with Gasteiger partial charge >= 0.3 is 10.2 Å². The van der Waals surface area contributed by atoms with E-state index in [9.17, 15) is 18.0 Å². The highest BCUT2D eigenvalue weighted by molar-refractivity contribution is 7.90. The minimum atomic E-state index is -4.09. The SMILES string of the molecule is Cc1ccc(C)c(N(CC(=O)N(Cc2ccc(Cl)c(Cl)c2)[C@@H](Cc2ccccc2)C(=O)NC(C)C)S(=O)(=O)N(C)C)c1. The van der Waals surface area contributed by atoms with Crippen molar-refractivity contribution in [2.45, 2.75) is 52.7 Å². The molecule has 0 spiro atoms. The first-order valence-corrected chi connectivity index (χ1v) is 15.7. The first-order valence-electron chi connectivity index (χ1n) is 13.6. The second kappa shape index (κ2) is 14.4. The highest BCUT2D eigenvalue weighted by atomic mass is 35.5. The maximum atomic E-state index is 14.3. The molecule has 0 fully saturated rings. The predicted molar refractivity (Wildman–Crippen MR) is 170 cm³/mol. The molecule has 42 heavy (non-hydrogen) atoms. The molecule has 11 heteroatoms. The third kappa shape index (κ3) is 8.47. The Morgan fingerprint density at radius 1 is 0.881 bits per heavy atom. The van der Waals surface area contributed by atoms with Gasteiger partial charge in [-0.15, -0.1) is 0 Å². The topological polar surface area (TPSA) is 90.0 Å². The molecule has 3 aromatic carbocycles. The largest absolute Gasteiger partial charge is 0.352 e. The van der Waals surface area contributed by atoms with Gasteiger partial charge in [-0.1, -0.05) is 71.7 Å². The molecule has 0 aliphatic carbocycles. The average molecular weight is 634 g/mol. The van der Waals surface area contributed by atoms with Crippen LogP contribution >= 0.6 is 23.2 Å². The summed E-state index contributed by atoms with van der Waals surface area (Å²) in [5.41, 5.74) is 3.40. The first kappa shape index (κ1) is 33.4. The van der Waals surface area contributed by atoms with Crippen molar-refractivity contribution in [2.24, 2.45) is 0 Å². The zero-order valence-electron chi connectivity index (χ0n) is 24.8. The first-order chi connectivity index (χ1) is 19.7. The van der Waals surface area contributed by atoms with Gasteiger partial charge in [0.2, 0.25) is 11.8 Å². The van der Waals surface area contributed by atoms with E-state index in [0.717, 1.165) is 19.7 Å².